The summed E-state index contributed by atoms with van der Waals surface area (Å²) >= 11 is 1.42. The van der Waals surface area contributed by atoms with Crippen LogP contribution in [0.25, 0.3) is 11.2 Å². The lowest BCUT2D eigenvalue weighted by Crippen LogP contribution is -2.37. The van der Waals surface area contributed by atoms with Gasteiger partial charge in [-0.25, -0.2) is 28.2 Å². The second-order valence-corrected chi connectivity index (χ2v) is 11.0. The number of halogens is 2. The molecule has 1 unspecified atom stereocenters. The maximum absolute atomic E-state index is 13.8. The van der Waals surface area contributed by atoms with E-state index in [1.54, 1.807) is 6.07 Å². The van der Waals surface area contributed by atoms with Gasteiger partial charge in [0.25, 0.3) is 0 Å². The first-order valence-electron chi connectivity index (χ1n) is 13.0. The van der Waals surface area contributed by atoms with Crippen molar-refractivity contribution in [3.63, 3.8) is 0 Å². The summed E-state index contributed by atoms with van der Waals surface area (Å²) in [7, 11) is 0. The highest BCUT2D eigenvalue weighted by molar-refractivity contribution is 7.99. The van der Waals surface area contributed by atoms with E-state index < -0.39 is 54.7 Å². The van der Waals surface area contributed by atoms with Crippen molar-refractivity contribution in [3.05, 3.63) is 35.4 Å². The Morgan fingerprint density at radius 2 is 2.02 bits per heavy atom. The van der Waals surface area contributed by atoms with Gasteiger partial charge in [-0.15, -0.1) is 5.10 Å². The molecule has 0 aliphatic heterocycles. The Bertz CT molecular complexity index is 1380. The lowest BCUT2D eigenvalue weighted by Gasteiger charge is -2.21. The van der Waals surface area contributed by atoms with Crippen LogP contribution < -0.4 is 5.32 Å². The normalized spacial score (nSPS) is 26.8. The van der Waals surface area contributed by atoms with Gasteiger partial charge in [-0.3, -0.25) is 0 Å². The molecule has 0 amide bonds. The van der Waals surface area contributed by atoms with Crippen molar-refractivity contribution in [2.75, 3.05) is 17.7 Å². The molecule has 5 rings (SSSR count). The third kappa shape index (κ3) is 5.74. The number of rotatable bonds is 12. The number of hydrogen-bond donors (Lipinski definition) is 5. The van der Waals surface area contributed by atoms with Crippen LogP contribution in [0, 0.1) is 11.6 Å². The first-order chi connectivity index (χ1) is 19.2. The van der Waals surface area contributed by atoms with Crippen LogP contribution in [0.15, 0.2) is 23.4 Å². The van der Waals surface area contributed by atoms with Crippen molar-refractivity contribution in [2.24, 2.45) is 0 Å². The molecule has 3 aromatic rings. The molecule has 2 aliphatic rings. The number of fused-ring (bicyclic) bond motifs is 1. The number of ether oxygens (including phenoxy) is 1. The van der Waals surface area contributed by atoms with Crippen LogP contribution in [0.2, 0.25) is 0 Å². The quantitative estimate of drug-likeness (QED) is 0.156. The van der Waals surface area contributed by atoms with Crippen molar-refractivity contribution in [2.45, 2.75) is 80.2 Å². The van der Waals surface area contributed by atoms with Crippen molar-refractivity contribution in [3.8, 4) is 0 Å². The van der Waals surface area contributed by atoms with Gasteiger partial charge >= 0.3 is 5.97 Å². The van der Waals surface area contributed by atoms with E-state index in [9.17, 15) is 28.9 Å². The van der Waals surface area contributed by atoms with Crippen molar-refractivity contribution >= 4 is 34.7 Å². The number of nitrogens with zero attached hydrogens (tertiary/aromatic N) is 5. The highest BCUT2D eigenvalue weighted by Crippen LogP contribution is 2.44. The lowest BCUT2D eigenvalue weighted by atomic mass is 10.1. The average Bonchev–Trinajstić information content (AvgIpc) is 3.48. The molecule has 5 N–H and O–H groups in total. The van der Waals surface area contributed by atoms with E-state index in [1.807, 2.05) is 6.92 Å². The van der Waals surface area contributed by atoms with E-state index in [-0.39, 0.29) is 24.8 Å². The summed E-state index contributed by atoms with van der Waals surface area (Å²) in [5.74, 6) is -1.99. The topological polar surface area (TPSA) is 176 Å². The van der Waals surface area contributed by atoms with Crippen LogP contribution in [0.4, 0.5) is 14.6 Å². The number of aliphatic hydroxyl groups is 3. The zero-order chi connectivity index (χ0) is 28.6. The number of carboxylic acids is 1. The summed E-state index contributed by atoms with van der Waals surface area (Å²) in [5, 5.41) is 52.2. The van der Waals surface area contributed by atoms with E-state index >= 15 is 0 Å². The largest absolute Gasteiger partial charge is 0.479 e. The fraction of sp³-hybridized carbons (Fsp3) is 0.560. The standard InChI is InChI=1S/C25H30F2N6O6S/c1-2-7-40-25-29-22(28-15-9-12(15)11-3-4-13(26)14(27)8-11)19-23(30-25)33(32-31-19)16-10-18(21(36)20(16)35)39-17(5-6-34)24(37)38/h3-4,8,12,15-18,20-21,34-36H,2,5-7,9-10H2,1H3,(H,37,38)(H,28,29,30)/t12-,15-,16+,17?,18+,20+,21-/m1/s1. The van der Waals surface area contributed by atoms with Gasteiger partial charge < -0.3 is 30.5 Å². The van der Waals surface area contributed by atoms with Crippen LogP contribution in [0.1, 0.15) is 50.1 Å². The molecule has 2 fully saturated rings. The van der Waals surface area contributed by atoms with Gasteiger partial charge in [0.05, 0.1) is 12.1 Å². The third-order valence-electron chi connectivity index (χ3n) is 7.14. The van der Waals surface area contributed by atoms with E-state index in [0.29, 0.717) is 34.1 Å². The number of hydrogen-bond acceptors (Lipinski definition) is 11. The van der Waals surface area contributed by atoms with Gasteiger partial charge in [0.1, 0.15) is 12.2 Å². The Morgan fingerprint density at radius 1 is 1.23 bits per heavy atom. The maximum Gasteiger partial charge on any atom is 0.332 e. The Balaban J connectivity index is 1.41. The lowest BCUT2D eigenvalue weighted by molar-refractivity contribution is -0.160. The molecule has 12 nitrogen and oxygen atoms in total. The molecule has 0 spiro atoms. The van der Waals surface area contributed by atoms with Gasteiger partial charge in [0.2, 0.25) is 0 Å². The molecule has 15 heteroatoms. The minimum Gasteiger partial charge on any atom is -0.479 e. The predicted molar refractivity (Wildman–Crippen MR) is 139 cm³/mol. The average molecular weight is 581 g/mol. The summed E-state index contributed by atoms with van der Waals surface area (Å²) in [4.78, 5) is 20.7. The molecular formula is C25H30F2N6O6S. The molecule has 2 saturated carbocycles. The van der Waals surface area contributed by atoms with Crippen LogP contribution in [0.3, 0.4) is 0 Å². The SMILES string of the molecule is CCCSc1nc(N[C@@H]2C[C@@H]2c2ccc(F)c(F)c2)c2nnn([C@H]3C[C@H](OC(CCO)C(=O)O)[C@@H](O)[C@H]3O)c2n1. The number of nitrogens with one attached hydrogen (secondary N) is 1. The summed E-state index contributed by atoms with van der Waals surface area (Å²) in [6, 6.07) is 2.93. The van der Waals surface area contributed by atoms with E-state index in [2.05, 4.69) is 25.6 Å². The van der Waals surface area contributed by atoms with Gasteiger partial charge in [0.15, 0.2) is 39.9 Å². The smallest absolute Gasteiger partial charge is 0.332 e. The van der Waals surface area contributed by atoms with Gasteiger partial charge in [0, 0.05) is 37.2 Å². The molecule has 216 valence electrons. The molecule has 7 atom stereocenters. The zero-order valence-corrected chi connectivity index (χ0v) is 22.3. The van der Waals surface area contributed by atoms with Crippen LogP contribution in [0.5, 0.6) is 0 Å². The number of carboxylic acid groups (broad SMARTS) is 1. The van der Waals surface area contributed by atoms with Crippen LogP contribution >= 0.6 is 11.8 Å². The third-order valence-corrected chi connectivity index (χ3v) is 8.19. The second-order valence-electron chi connectivity index (χ2n) is 9.97. The number of thioether (sulfide) groups is 1. The first-order valence-corrected chi connectivity index (χ1v) is 14.0. The second kappa shape index (κ2) is 11.9. The summed E-state index contributed by atoms with van der Waals surface area (Å²) in [6.07, 6.45) is -3.72. The van der Waals surface area contributed by atoms with Gasteiger partial charge in [-0.05, 0) is 30.5 Å². The predicted octanol–water partition coefficient (Wildman–Crippen LogP) is 1.86. The van der Waals surface area contributed by atoms with Gasteiger partial charge in [-0.1, -0.05) is 30.0 Å². The Kier molecular flexibility index (Phi) is 8.47. The summed E-state index contributed by atoms with van der Waals surface area (Å²) in [5.41, 5.74) is 1.30. The van der Waals surface area contributed by atoms with E-state index in [0.717, 1.165) is 18.2 Å². The number of benzene rings is 1. The molecule has 2 heterocycles. The Hall–Kier alpha value is -2.98. The molecule has 2 aromatic heterocycles. The van der Waals surface area contributed by atoms with Crippen LogP contribution in [-0.4, -0.2) is 94.2 Å². The number of aliphatic hydroxyl groups excluding tert-OH is 3. The molecule has 0 radical (unpaired) electrons. The van der Waals surface area contributed by atoms with E-state index in [1.165, 1.54) is 22.5 Å². The highest BCUT2D eigenvalue weighted by Gasteiger charge is 2.46. The van der Waals surface area contributed by atoms with E-state index in [4.69, 9.17) is 9.84 Å². The first kappa shape index (κ1) is 28.5. The van der Waals surface area contributed by atoms with Crippen molar-refractivity contribution in [1.29, 1.82) is 0 Å². The monoisotopic (exact) mass is 580 g/mol. The maximum atomic E-state index is 13.8. The molecule has 40 heavy (non-hydrogen) atoms. The molecule has 0 saturated heterocycles. The fourth-order valence-electron chi connectivity index (χ4n) is 4.96. The minimum absolute atomic E-state index is 0.0288. The Morgan fingerprint density at radius 3 is 2.73 bits per heavy atom. The highest BCUT2D eigenvalue weighted by atomic mass is 32.2. The summed E-state index contributed by atoms with van der Waals surface area (Å²) < 4.78 is 34.1. The molecule has 1 aromatic carbocycles. The Labute approximate surface area is 231 Å². The summed E-state index contributed by atoms with van der Waals surface area (Å²) in [6.45, 7) is 1.60. The minimum atomic E-state index is -1.40. The number of anilines is 1. The number of aliphatic carboxylic acids is 1. The fourth-order valence-corrected chi connectivity index (χ4v) is 5.65. The zero-order valence-electron chi connectivity index (χ0n) is 21.5. The number of aromatic nitrogens is 5. The molecule has 2 aliphatic carbocycles. The van der Waals surface area contributed by atoms with Crippen LogP contribution in [-0.2, 0) is 9.53 Å². The van der Waals surface area contributed by atoms with Crippen molar-refractivity contribution in [1.82, 2.24) is 25.0 Å². The molecule has 0 bridgehead atoms. The number of carbonyl (C=O) groups is 1. The van der Waals surface area contributed by atoms with Gasteiger partial charge in [-0.2, -0.15) is 0 Å². The molecular weight excluding hydrogens is 550 g/mol. The van der Waals surface area contributed by atoms with Crippen molar-refractivity contribution < 1.29 is 38.7 Å².